The second kappa shape index (κ2) is 8.67. The number of hydrogen-bond acceptors (Lipinski definition) is 4. The lowest BCUT2D eigenvalue weighted by atomic mass is 10.1. The molecular weight excluding hydrogens is 228 g/mol. The highest BCUT2D eigenvalue weighted by Crippen LogP contribution is 2.07. The van der Waals surface area contributed by atoms with Gasteiger partial charge in [0.25, 0.3) is 0 Å². The fourth-order valence-corrected chi connectivity index (χ4v) is 1.71. The molecule has 0 unspecified atom stereocenters. The summed E-state index contributed by atoms with van der Waals surface area (Å²) in [5.74, 6) is 5.81. The van der Waals surface area contributed by atoms with Crippen molar-refractivity contribution < 1.29 is 10.2 Å². The van der Waals surface area contributed by atoms with Crippen LogP contribution in [0.25, 0.3) is 0 Å². The summed E-state index contributed by atoms with van der Waals surface area (Å²) in [4.78, 5) is 2.00. The molecule has 4 N–H and O–H groups in total. The molecule has 0 aliphatic carbocycles. The molecule has 0 saturated carbocycles. The topological polar surface area (TPSA) is 69.7 Å². The van der Waals surface area contributed by atoms with E-state index in [-0.39, 0.29) is 13.2 Å². The smallest absolute Gasteiger partial charge is 0.0558 e. The third-order valence-electron chi connectivity index (χ3n) is 2.50. The van der Waals surface area contributed by atoms with Crippen LogP contribution in [0.5, 0.6) is 0 Å². The van der Waals surface area contributed by atoms with Gasteiger partial charge in [0.1, 0.15) is 0 Å². The van der Waals surface area contributed by atoms with Crippen molar-refractivity contribution in [3.8, 4) is 11.8 Å². The number of rotatable bonds is 6. The summed E-state index contributed by atoms with van der Waals surface area (Å²) in [6.07, 6.45) is 0. The Hall–Kier alpha value is -1.38. The van der Waals surface area contributed by atoms with E-state index in [1.807, 2.05) is 29.2 Å². The van der Waals surface area contributed by atoms with E-state index in [1.54, 1.807) is 0 Å². The first kappa shape index (κ1) is 14.7. The maximum atomic E-state index is 8.95. The second-order valence-electron chi connectivity index (χ2n) is 3.93. The van der Waals surface area contributed by atoms with Gasteiger partial charge in [-0.05, 0) is 17.7 Å². The van der Waals surface area contributed by atoms with Crippen LogP contribution in [0.15, 0.2) is 24.3 Å². The summed E-state index contributed by atoms with van der Waals surface area (Å²) in [5, 5.41) is 17.9. The van der Waals surface area contributed by atoms with Gasteiger partial charge in [0, 0.05) is 25.2 Å². The Kier molecular flexibility index (Phi) is 7.07. The maximum absolute atomic E-state index is 8.95. The zero-order valence-electron chi connectivity index (χ0n) is 10.5. The normalized spacial score (nSPS) is 10.2. The van der Waals surface area contributed by atoms with Crippen molar-refractivity contribution in [1.29, 1.82) is 0 Å². The van der Waals surface area contributed by atoms with Crippen molar-refractivity contribution in [2.24, 2.45) is 5.73 Å². The molecule has 0 bridgehead atoms. The molecule has 0 aromatic heterocycles. The zero-order valence-corrected chi connectivity index (χ0v) is 10.5. The Morgan fingerprint density at radius 2 is 1.89 bits per heavy atom. The highest BCUT2D eigenvalue weighted by atomic mass is 16.3. The highest BCUT2D eigenvalue weighted by Gasteiger charge is 2.04. The van der Waals surface area contributed by atoms with Crippen LogP contribution in [0.3, 0.4) is 0 Å². The first-order valence-electron chi connectivity index (χ1n) is 6.02. The van der Waals surface area contributed by atoms with Crippen molar-refractivity contribution in [3.05, 3.63) is 35.4 Å². The van der Waals surface area contributed by atoms with E-state index in [1.165, 1.54) is 0 Å². The number of nitrogens with zero attached hydrogens (tertiary/aromatic N) is 1. The average Bonchev–Trinajstić information content (AvgIpc) is 2.37. The lowest BCUT2D eigenvalue weighted by Gasteiger charge is -2.20. The number of hydrogen-bond donors (Lipinski definition) is 3. The van der Waals surface area contributed by atoms with Crippen LogP contribution >= 0.6 is 0 Å². The van der Waals surface area contributed by atoms with Gasteiger partial charge in [-0.25, -0.2) is 0 Å². The number of aliphatic hydroxyl groups is 2. The molecule has 1 aromatic rings. The second-order valence-corrected chi connectivity index (χ2v) is 3.93. The summed E-state index contributed by atoms with van der Waals surface area (Å²) < 4.78 is 0. The van der Waals surface area contributed by atoms with Crippen LogP contribution < -0.4 is 5.73 Å². The monoisotopic (exact) mass is 248 g/mol. The van der Waals surface area contributed by atoms with Gasteiger partial charge in [-0.15, -0.1) is 0 Å². The molecule has 0 spiro atoms. The third kappa shape index (κ3) is 5.30. The fourth-order valence-electron chi connectivity index (χ4n) is 1.71. The van der Waals surface area contributed by atoms with E-state index in [4.69, 9.17) is 15.9 Å². The lowest BCUT2D eigenvalue weighted by Crippen LogP contribution is -2.29. The van der Waals surface area contributed by atoms with Crippen LogP contribution in [-0.4, -0.2) is 48.0 Å². The van der Waals surface area contributed by atoms with Crippen LogP contribution in [0.2, 0.25) is 0 Å². The van der Waals surface area contributed by atoms with Crippen molar-refractivity contribution in [2.75, 3.05) is 32.8 Å². The molecule has 18 heavy (non-hydrogen) atoms. The standard InChI is InChI=1S/C14H20N2O2/c15-6-2-5-13-3-1-4-14(11-13)12-16(7-9-17)8-10-18/h1,3-4,11,17-18H,6-10,12,15H2. The van der Waals surface area contributed by atoms with Gasteiger partial charge < -0.3 is 15.9 Å². The molecule has 1 rings (SSSR count). The molecule has 1 aromatic carbocycles. The zero-order chi connectivity index (χ0) is 13.2. The van der Waals surface area contributed by atoms with E-state index in [0.29, 0.717) is 26.2 Å². The van der Waals surface area contributed by atoms with Gasteiger partial charge >= 0.3 is 0 Å². The van der Waals surface area contributed by atoms with Crippen molar-refractivity contribution >= 4 is 0 Å². The van der Waals surface area contributed by atoms with Crippen LogP contribution in [-0.2, 0) is 6.54 Å². The lowest BCUT2D eigenvalue weighted by molar-refractivity contribution is 0.156. The molecule has 0 aliphatic rings. The van der Waals surface area contributed by atoms with E-state index in [2.05, 4.69) is 11.8 Å². The Bertz CT molecular complexity index is 404. The number of nitrogens with two attached hydrogens (primary N) is 1. The molecule has 0 atom stereocenters. The van der Waals surface area contributed by atoms with Crippen molar-refractivity contribution in [1.82, 2.24) is 4.90 Å². The molecule has 0 saturated heterocycles. The minimum Gasteiger partial charge on any atom is -0.395 e. The Labute approximate surface area is 108 Å². The van der Waals surface area contributed by atoms with Gasteiger partial charge in [-0.1, -0.05) is 24.0 Å². The Morgan fingerprint density at radius 1 is 1.17 bits per heavy atom. The first-order chi connectivity index (χ1) is 8.80. The number of benzene rings is 1. The van der Waals surface area contributed by atoms with E-state index < -0.39 is 0 Å². The largest absolute Gasteiger partial charge is 0.395 e. The summed E-state index contributed by atoms with van der Waals surface area (Å²) in [5.41, 5.74) is 7.38. The van der Waals surface area contributed by atoms with Crippen LogP contribution in [0.4, 0.5) is 0 Å². The first-order valence-corrected chi connectivity index (χ1v) is 6.02. The molecule has 4 nitrogen and oxygen atoms in total. The van der Waals surface area contributed by atoms with E-state index in [9.17, 15) is 0 Å². The van der Waals surface area contributed by atoms with E-state index in [0.717, 1.165) is 11.1 Å². The summed E-state index contributed by atoms with van der Waals surface area (Å²) in [6.45, 7) is 2.34. The predicted molar refractivity (Wildman–Crippen MR) is 71.8 cm³/mol. The highest BCUT2D eigenvalue weighted by molar-refractivity contribution is 5.37. The van der Waals surface area contributed by atoms with Gasteiger partial charge in [0.2, 0.25) is 0 Å². The summed E-state index contributed by atoms with van der Waals surface area (Å²) in [7, 11) is 0. The van der Waals surface area contributed by atoms with Gasteiger partial charge in [0.15, 0.2) is 0 Å². The molecule has 0 amide bonds. The summed E-state index contributed by atoms with van der Waals surface area (Å²) in [6, 6.07) is 7.90. The Balaban J connectivity index is 2.70. The SMILES string of the molecule is NCC#Cc1cccc(CN(CCO)CCO)c1. The van der Waals surface area contributed by atoms with Crippen molar-refractivity contribution in [2.45, 2.75) is 6.54 Å². The molecule has 4 heteroatoms. The molecule has 0 fully saturated rings. The molecular formula is C14H20N2O2. The molecule has 0 heterocycles. The van der Waals surface area contributed by atoms with Crippen LogP contribution in [0, 0.1) is 11.8 Å². The van der Waals surface area contributed by atoms with Gasteiger partial charge in [-0.3, -0.25) is 4.90 Å². The van der Waals surface area contributed by atoms with Crippen LogP contribution in [0.1, 0.15) is 11.1 Å². The summed E-state index contributed by atoms with van der Waals surface area (Å²) >= 11 is 0. The van der Waals surface area contributed by atoms with Gasteiger partial charge in [-0.2, -0.15) is 0 Å². The predicted octanol–water partition coefficient (Wildman–Crippen LogP) is -0.217. The van der Waals surface area contributed by atoms with E-state index >= 15 is 0 Å². The number of aliphatic hydroxyl groups excluding tert-OH is 2. The Morgan fingerprint density at radius 3 is 2.50 bits per heavy atom. The maximum Gasteiger partial charge on any atom is 0.0558 e. The van der Waals surface area contributed by atoms with Gasteiger partial charge in [0.05, 0.1) is 19.8 Å². The molecule has 0 aliphatic heterocycles. The molecule has 0 radical (unpaired) electrons. The third-order valence-corrected chi connectivity index (χ3v) is 2.50. The minimum atomic E-state index is 0.0900. The average molecular weight is 248 g/mol. The quantitative estimate of drug-likeness (QED) is 0.609. The molecule has 98 valence electrons. The fraction of sp³-hybridized carbons (Fsp3) is 0.429. The minimum absolute atomic E-state index is 0.0900. The van der Waals surface area contributed by atoms with Crippen molar-refractivity contribution in [3.63, 3.8) is 0 Å².